The summed E-state index contributed by atoms with van der Waals surface area (Å²) in [6, 6.07) is 6.66. The van der Waals surface area contributed by atoms with Gasteiger partial charge < -0.3 is 8.61 Å². The van der Waals surface area contributed by atoms with E-state index in [0.717, 1.165) is 0 Å². The third-order valence-corrected chi connectivity index (χ3v) is 9.94. The van der Waals surface area contributed by atoms with Crippen molar-refractivity contribution in [2.24, 2.45) is 0 Å². The Morgan fingerprint density at radius 1 is 1.07 bits per heavy atom. The lowest BCUT2D eigenvalue weighted by Crippen LogP contribution is -2.44. The van der Waals surface area contributed by atoms with Crippen LogP contribution in [0.15, 0.2) is 24.3 Å². The maximum Gasteiger partial charge on any atom is 0.534 e. The van der Waals surface area contributed by atoms with Gasteiger partial charge >= 0.3 is 15.6 Å². The largest absolute Gasteiger partial charge is 0.543 e. The number of hydrogen-bond donors (Lipinski definition) is 0. The van der Waals surface area contributed by atoms with E-state index in [-0.39, 0.29) is 16.1 Å². The van der Waals surface area contributed by atoms with Gasteiger partial charge in [0, 0.05) is 5.39 Å². The second kappa shape index (κ2) is 6.66. The number of benzene rings is 1. The molecule has 0 aliphatic heterocycles. The molecule has 2 aromatic rings. The minimum Gasteiger partial charge on any atom is -0.543 e. The Bertz CT molecular complexity index is 967. The first-order chi connectivity index (χ1) is 12.1. The van der Waals surface area contributed by atoms with Crippen LogP contribution in [-0.2, 0) is 10.1 Å². The first kappa shape index (κ1) is 21.5. The van der Waals surface area contributed by atoms with E-state index in [1.165, 1.54) is 6.92 Å². The Kier molecular flexibility index (Phi) is 5.30. The van der Waals surface area contributed by atoms with Crippen LogP contribution in [0, 0.1) is 6.92 Å². The van der Waals surface area contributed by atoms with Crippen LogP contribution in [0.2, 0.25) is 18.1 Å². The summed E-state index contributed by atoms with van der Waals surface area (Å²) in [7, 11) is -8.21. The van der Waals surface area contributed by atoms with E-state index < -0.39 is 29.8 Å². The van der Waals surface area contributed by atoms with Crippen LogP contribution in [0.5, 0.6) is 11.6 Å². The zero-order valence-corrected chi connectivity index (χ0v) is 17.7. The molecule has 0 bridgehead atoms. The monoisotopic (exact) mass is 421 g/mol. The fraction of sp³-hybridized carbons (Fsp3) is 0.471. The quantitative estimate of drug-likeness (QED) is 0.388. The molecule has 0 fully saturated rings. The maximum absolute atomic E-state index is 12.7. The molecule has 0 saturated carbocycles. The van der Waals surface area contributed by atoms with Crippen LogP contribution in [0.1, 0.15) is 26.3 Å². The fourth-order valence-corrected chi connectivity index (χ4v) is 3.57. The van der Waals surface area contributed by atoms with Gasteiger partial charge in [-0.25, -0.2) is 4.98 Å². The number of alkyl halides is 3. The van der Waals surface area contributed by atoms with Crippen LogP contribution in [-0.4, -0.2) is 27.2 Å². The van der Waals surface area contributed by atoms with E-state index in [2.05, 4.69) is 9.17 Å². The number of nitrogens with zero attached hydrogens (tertiary/aromatic N) is 1. The molecule has 0 aliphatic rings. The van der Waals surface area contributed by atoms with Crippen LogP contribution < -0.4 is 8.61 Å². The van der Waals surface area contributed by atoms with Gasteiger partial charge in [-0.15, -0.1) is 0 Å². The van der Waals surface area contributed by atoms with Crippen molar-refractivity contribution in [3.8, 4) is 11.6 Å². The summed E-state index contributed by atoms with van der Waals surface area (Å²) in [5, 5.41) is 0.402. The van der Waals surface area contributed by atoms with Crippen molar-refractivity contribution in [2.75, 3.05) is 0 Å². The summed E-state index contributed by atoms with van der Waals surface area (Å²) in [5.41, 5.74) is -5.16. The number of halogens is 3. The van der Waals surface area contributed by atoms with Crippen LogP contribution in [0.3, 0.4) is 0 Å². The Hall–Kier alpha value is -1.81. The number of aromatic nitrogens is 1. The molecular weight excluding hydrogens is 399 g/mol. The summed E-state index contributed by atoms with van der Waals surface area (Å²) in [5.74, 6) is -0.348. The molecule has 150 valence electrons. The van der Waals surface area contributed by atoms with Crippen molar-refractivity contribution in [1.82, 2.24) is 4.98 Å². The molecule has 0 atom stereocenters. The SMILES string of the molecule is Cc1c(OS(=O)(=O)C(F)(F)F)nc2ccccc2c1O[Si](C)(C)C(C)(C)C. The van der Waals surface area contributed by atoms with E-state index in [9.17, 15) is 21.6 Å². The summed E-state index contributed by atoms with van der Waals surface area (Å²) in [6.45, 7) is 11.4. The molecule has 27 heavy (non-hydrogen) atoms. The average molecular weight is 422 g/mol. The van der Waals surface area contributed by atoms with Gasteiger partial charge in [-0.2, -0.15) is 21.6 Å². The van der Waals surface area contributed by atoms with Crippen LogP contribution in [0.25, 0.3) is 10.9 Å². The van der Waals surface area contributed by atoms with Gasteiger partial charge in [0.15, 0.2) is 0 Å². The number of hydrogen-bond acceptors (Lipinski definition) is 5. The highest BCUT2D eigenvalue weighted by Crippen LogP contribution is 2.42. The molecule has 1 heterocycles. The fourth-order valence-electron chi connectivity index (χ4n) is 2.03. The average Bonchev–Trinajstić information content (AvgIpc) is 2.48. The highest BCUT2D eigenvalue weighted by molar-refractivity contribution is 7.87. The Morgan fingerprint density at radius 2 is 1.63 bits per heavy atom. The first-order valence-corrected chi connectivity index (χ1v) is 12.5. The summed E-state index contributed by atoms with van der Waals surface area (Å²) < 4.78 is 71.7. The lowest BCUT2D eigenvalue weighted by Gasteiger charge is -2.37. The van der Waals surface area contributed by atoms with E-state index in [4.69, 9.17) is 4.43 Å². The van der Waals surface area contributed by atoms with Gasteiger partial charge in [-0.05, 0) is 37.2 Å². The molecule has 0 aliphatic carbocycles. The maximum atomic E-state index is 12.7. The Balaban J connectivity index is 2.68. The lowest BCUT2D eigenvalue weighted by molar-refractivity contribution is -0.0501. The van der Waals surface area contributed by atoms with Crippen molar-refractivity contribution >= 4 is 29.3 Å². The topological polar surface area (TPSA) is 65.5 Å². The molecule has 0 N–H and O–H groups in total. The molecule has 0 radical (unpaired) electrons. The molecule has 2 rings (SSSR count). The third-order valence-electron chi connectivity index (χ3n) is 4.67. The highest BCUT2D eigenvalue weighted by atomic mass is 32.2. The molecule has 1 aromatic carbocycles. The smallest absolute Gasteiger partial charge is 0.534 e. The second-order valence-electron chi connectivity index (χ2n) is 7.73. The van der Waals surface area contributed by atoms with Gasteiger partial charge in [-0.3, -0.25) is 0 Å². The molecule has 5 nitrogen and oxygen atoms in total. The van der Waals surface area contributed by atoms with Crippen molar-refractivity contribution < 1.29 is 30.2 Å². The van der Waals surface area contributed by atoms with Gasteiger partial charge in [0.1, 0.15) is 5.75 Å². The minimum absolute atomic E-state index is 0.103. The van der Waals surface area contributed by atoms with Crippen LogP contribution in [0.4, 0.5) is 13.2 Å². The van der Waals surface area contributed by atoms with Crippen molar-refractivity contribution in [3.05, 3.63) is 29.8 Å². The first-order valence-electron chi connectivity index (χ1n) is 8.16. The summed E-state index contributed by atoms with van der Waals surface area (Å²) in [4.78, 5) is 3.96. The van der Waals surface area contributed by atoms with Crippen molar-refractivity contribution in [3.63, 3.8) is 0 Å². The predicted octanol–water partition coefficient (Wildman–Crippen LogP) is 5.16. The van der Waals surface area contributed by atoms with E-state index in [1.54, 1.807) is 24.3 Å². The molecule has 10 heteroatoms. The molecule has 0 unspecified atom stereocenters. The number of fused-ring (bicyclic) bond motifs is 1. The van der Waals surface area contributed by atoms with Gasteiger partial charge in [0.05, 0.1) is 11.1 Å². The molecule has 0 amide bonds. The van der Waals surface area contributed by atoms with Crippen molar-refractivity contribution in [2.45, 2.75) is 51.3 Å². The zero-order valence-electron chi connectivity index (χ0n) is 15.9. The number of para-hydroxylation sites is 1. The van der Waals surface area contributed by atoms with Crippen LogP contribution >= 0.6 is 0 Å². The summed E-state index contributed by atoms with van der Waals surface area (Å²) in [6.07, 6.45) is 0. The predicted molar refractivity (Wildman–Crippen MR) is 99.9 cm³/mol. The minimum atomic E-state index is -5.84. The Labute approximate surface area is 157 Å². The molecular formula is C17H22F3NO4SSi. The van der Waals surface area contributed by atoms with Gasteiger partial charge in [0.2, 0.25) is 5.88 Å². The normalized spacial score (nSPS) is 13.7. The molecule has 0 spiro atoms. The van der Waals surface area contributed by atoms with E-state index >= 15 is 0 Å². The second-order valence-corrected chi connectivity index (χ2v) is 14.0. The van der Waals surface area contributed by atoms with E-state index in [0.29, 0.717) is 11.1 Å². The highest BCUT2D eigenvalue weighted by Gasteiger charge is 2.49. The summed E-state index contributed by atoms with van der Waals surface area (Å²) >= 11 is 0. The zero-order chi connectivity index (χ0) is 20.8. The lowest BCUT2D eigenvalue weighted by atomic mass is 10.1. The number of pyridine rings is 1. The standard InChI is InChI=1S/C17H22F3NO4SSi/c1-11-14(25-27(5,6)16(2,3)4)12-9-7-8-10-13(12)21-15(11)24-26(22,23)17(18,19)20/h7-10H,1-6H3. The van der Waals surface area contributed by atoms with Gasteiger partial charge in [-0.1, -0.05) is 32.9 Å². The van der Waals surface area contributed by atoms with Crippen molar-refractivity contribution in [1.29, 1.82) is 0 Å². The van der Waals surface area contributed by atoms with Gasteiger partial charge in [0.25, 0.3) is 8.32 Å². The van der Waals surface area contributed by atoms with E-state index in [1.807, 2.05) is 33.9 Å². The molecule has 1 aromatic heterocycles. The third kappa shape index (κ3) is 4.21. The number of rotatable bonds is 4. The molecule has 0 saturated heterocycles. The Morgan fingerprint density at radius 3 is 2.15 bits per heavy atom.